The van der Waals surface area contributed by atoms with E-state index in [9.17, 15) is 0 Å². The van der Waals surface area contributed by atoms with E-state index in [1.54, 1.807) is 5.57 Å². The summed E-state index contributed by atoms with van der Waals surface area (Å²) in [5, 5.41) is 0.698. The average Bonchev–Trinajstić information content (AvgIpc) is 3.11. The van der Waals surface area contributed by atoms with E-state index in [-0.39, 0.29) is 7.92 Å². The molecule has 2 aromatic rings. The van der Waals surface area contributed by atoms with Gasteiger partial charge in [-0.1, -0.05) is 85.4 Å². The third kappa shape index (κ3) is 5.84. The predicted octanol–water partition coefficient (Wildman–Crippen LogP) is 6.10. The number of hydrogen-bond acceptors (Lipinski definition) is 2. The highest BCUT2D eigenvalue weighted by Crippen LogP contribution is 2.61. The van der Waals surface area contributed by atoms with Gasteiger partial charge in [-0.3, -0.25) is 9.97 Å². The van der Waals surface area contributed by atoms with Gasteiger partial charge in [-0.25, -0.2) is 0 Å². The average molecular weight is 425 g/mol. The first-order valence-electron chi connectivity index (χ1n) is 10.4. The molecule has 29 heavy (non-hydrogen) atoms. The van der Waals surface area contributed by atoms with Crippen LogP contribution >= 0.6 is 15.8 Å². The Balaban J connectivity index is 1.85. The predicted molar refractivity (Wildman–Crippen MR) is 132 cm³/mol. The van der Waals surface area contributed by atoms with Gasteiger partial charge >= 0.3 is 0 Å². The minimum atomic E-state index is -0.593. The van der Waals surface area contributed by atoms with Gasteiger partial charge in [0, 0.05) is 32.4 Å². The molecular formula is C25H34N2P2. The van der Waals surface area contributed by atoms with E-state index in [1.807, 2.05) is 24.5 Å². The van der Waals surface area contributed by atoms with Crippen molar-refractivity contribution in [3.05, 3.63) is 72.6 Å². The Morgan fingerprint density at radius 3 is 1.83 bits per heavy atom. The number of allylic oxidation sites excluding steroid dienone is 4. The standard InChI is InChI=1S/C25H34N2P2/c1-24(2,3)29(25(4,5)6)19-21-13-11-12-20(21)18-28(22-14-7-9-16-26-22)23-15-8-10-17-27-23/h7-17,21H,18-19H2,1-6H3. The van der Waals surface area contributed by atoms with Gasteiger partial charge in [0.2, 0.25) is 0 Å². The van der Waals surface area contributed by atoms with Crippen LogP contribution in [-0.4, -0.2) is 32.6 Å². The van der Waals surface area contributed by atoms with Crippen LogP contribution < -0.4 is 10.9 Å². The summed E-state index contributed by atoms with van der Waals surface area (Å²) in [6.45, 7) is 14.5. The van der Waals surface area contributed by atoms with E-state index in [0.29, 0.717) is 16.2 Å². The van der Waals surface area contributed by atoms with Crippen molar-refractivity contribution >= 4 is 26.7 Å². The Hall–Kier alpha value is -1.36. The minimum Gasteiger partial charge on any atom is -0.256 e. The minimum absolute atomic E-state index is 0.130. The lowest BCUT2D eigenvalue weighted by molar-refractivity contribution is 0.692. The van der Waals surface area contributed by atoms with Crippen molar-refractivity contribution in [3.63, 3.8) is 0 Å². The van der Waals surface area contributed by atoms with E-state index in [2.05, 4.69) is 84.0 Å². The number of nitrogens with zero attached hydrogens (tertiary/aromatic N) is 2. The molecule has 2 nitrogen and oxygen atoms in total. The third-order valence-electron chi connectivity index (χ3n) is 5.32. The van der Waals surface area contributed by atoms with E-state index in [4.69, 9.17) is 9.97 Å². The summed E-state index contributed by atoms with van der Waals surface area (Å²) < 4.78 is 0. The van der Waals surface area contributed by atoms with E-state index >= 15 is 0 Å². The molecule has 2 heterocycles. The van der Waals surface area contributed by atoms with Gasteiger partial charge < -0.3 is 0 Å². The zero-order valence-electron chi connectivity index (χ0n) is 18.6. The molecule has 0 N–H and O–H groups in total. The summed E-state index contributed by atoms with van der Waals surface area (Å²) >= 11 is 0. The molecule has 0 amide bonds. The van der Waals surface area contributed by atoms with Crippen molar-refractivity contribution < 1.29 is 0 Å². The highest BCUT2D eigenvalue weighted by atomic mass is 31.1. The summed E-state index contributed by atoms with van der Waals surface area (Å²) in [5.41, 5.74) is 3.89. The Labute approximate surface area is 179 Å². The van der Waals surface area contributed by atoms with Crippen LogP contribution in [0.1, 0.15) is 41.5 Å². The van der Waals surface area contributed by atoms with Gasteiger partial charge in [0.1, 0.15) is 0 Å². The smallest absolute Gasteiger partial charge is 0.0695 e. The topological polar surface area (TPSA) is 25.8 Å². The SMILES string of the molecule is CC(C)(C)P(CC1C=CC=C1CP(c1ccccn1)c1ccccn1)C(C)(C)C. The molecular weight excluding hydrogens is 390 g/mol. The van der Waals surface area contributed by atoms with Crippen molar-refractivity contribution in [1.82, 2.24) is 9.97 Å². The molecule has 0 saturated heterocycles. The second-order valence-electron chi connectivity index (χ2n) is 9.65. The Bertz CT molecular complexity index is 792. The van der Waals surface area contributed by atoms with Gasteiger partial charge in [0.15, 0.2) is 0 Å². The number of pyridine rings is 2. The summed E-state index contributed by atoms with van der Waals surface area (Å²) in [5.74, 6) is 0.539. The summed E-state index contributed by atoms with van der Waals surface area (Å²) in [7, 11) is -0.723. The molecule has 4 heteroatoms. The highest BCUT2D eigenvalue weighted by Gasteiger charge is 2.36. The lowest BCUT2D eigenvalue weighted by atomic mass is 10.1. The number of aromatic nitrogens is 2. The maximum absolute atomic E-state index is 4.71. The van der Waals surface area contributed by atoms with E-state index < -0.39 is 7.92 Å². The second-order valence-corrected chi connectivity index (χ2v) is 15.6. The largest absolute Gasteiger partial charge is 0.256 e. The van der Waals surface area contributed by atoms with Crippen LogP contribution in [0.2, 0.25) is 0 Å². The number of rotatable bonds is 6. The molecule has 0 fully saturated rings. The molecule has 0 saturated carbocycles. The zero-order chi connectivity index (χ0) is 21.1. The van der Waals surface area contributed by atoms with Crippen LogP contribution in [0.15, 0.2) is 72.6 Å². The van der Waals surface area contributed by atoms with Gasteiger partial charge in [-0.15, -0.1) is 0 Å². The molecule has 154 valence electrons. The van der Waals surface area contributed by atoms with Crippen molar-refractivity contribution in [2.24, 2.45) is 5.92 Å². The van der Waals surface area contributed by atoms with Crippen molar-refractivity contribution in [1.29, 1.82) is 0 Å². The highest BCUT2D eigenvalue weighted by molar-refractivity contribution is 7.72. The van der Waals surface area contributed by atoms with Crippen LogP contribution in [0.5, 0.6) is 0 Å². The van der Waals surface area contributed by atoms with Crippen molar-refractivity contribution in [3.8, 4) is 0 Å². The van der Waals surface area contributed by atoms with Crippen LogP contribution in [-0.2, 0) is 0 Å². The molecule has 1 atom stereocenters. The lowest BCUT2D eigenvalue weighted by Gasteiger charge is -2.43. The number of hydrogen-bond donors (Lipinski definition) is 0. The lowest BCUT2D eigenvalue weighted by Crippen LogP contribution is -2.29. The van der Waals surface area contributed by atoms with Crippen LogP contribution in [0.3, 0.4) is 0 Å². The molecule has 0 aromatic carbocycles. The molecule has 1 aliphatic carbocycles. The Morgan fingerprint density at radius 2 is 1.38 bits per heavy atom. The zero-order valence-corrected chi connectivity index (χ0v) is 20.4. The maximum atomic E-state index is 4.71. The first-order valence-corrected chi connectivity index (χ1v) is 13.5. The van der Waals surface area contributed by atoms with Gasteiger partial charge in [0.05, 0.1) is 10.9 Å². The third-order valence-corrected chi connectivity index (χ3v) is 11.6. The molecule has 2 aromatic heterocycles. The first-order chi connectivity index (χ1) is 13.7. The second kappa shape index (κ2) is 9.20. The Morgan fingerprint density at radius 1 is 0.828 bits per heavy atom. The van der Waals surface area contributed by atoms with Gasteiger partial charge in [-0.2, -0.15) is 0 Å². The van der Waals surface area contributed by atoms with Crippen LogP contribution in [0.25, 0.3) is 0 Å². The fourth-order valence-electron chi connectivity index (χ4n) is 4.15. The first kappa shape index (κ1) is 22.3. The molecule has 1 aliphatic rings. The summed E-state index contributed by atoms with van der Waals surface area (Å²) in [4.78, 5) is 9.41. The van der Waals surface area contributed by atoms with E-state index in [1.165, 1.54) is 17.0 Å². The summed E-state index contributed by atoms with van der Waals surface area (Å²) in [6, 6.07) is 12.5. The van der Waals surface area contributed by atoms with Gasteiger partial charge in [-0.05, 0) is 40.7 Å². The van der Waals surface area contributed by atoms with Crippen molar-refractivity contribution in [2.45, 2.75) is 51.9 Å². The molecule has 0 bridgehead atoms. The van der Waals surface area contributed by atoms with Crippen LogP contribution in [0, 0.1) is 5.92 Å². The van der Waals surface area contributed by atoms with Crippen molar-refractivity contribution in [2.75, 3.05) is 12.3 Å². The maximum Gasteiger partial charge on any atom is 0.0695 e. The molecule has 0 spiro atoms. The monoisotopic (exact) mass is 424 g/mol. The van der Waals surface area contributed by atoms with Crippen LogP contribution in [0.4, 0.5) is 0 Å². The fourth-order valence-corrected chi connectivity index (χ4v) is 10.2. The molecule has 0 radical (unpaired) electrons. The molecule has 3 rings (SSSR count). The molecule has 1 unspecified atom stereocenters. The summed E-state index contributed by atoms with van der Waals surface area (Å²) in [6.07, 6.45) is 13.2. The fraction of sp³-hybridized carbons (Fsp3) is 0.440. The quantitative estimate of drug-likeness (QED) is 0.524. The van der Waals surface area contributed by atoms with Gasteiger partial charge in [0.25, 0.3) is 0 Å². The molecule has 0 aliphatic heterocycles. The van der Waals surface area contributed by atoms with E-state index in [0.717, 1.165) is 6.16 Å². The Kier molecular flexibility index (Phi) is 7.08. The normalized spacial score (nSPS) is 17.2.